The molecule has 0 heterocycles. The minimum absolute atomic E-state index is 0.0207. The molecule has 1 unspecified atom stereocenters. The SMILES string of the molecule is Cc1ccc(C(CNC(=O)c2ccc3c(c2)CCCC3)N(C)C)cc1. The van der Waals surface area contributed by atoms with Gasteiger partial charge < -0.3 is 10.2 Å². The van der Waals surface area contributed by atoms with Gasteiger partial charge in [-0.15, -0.1) is 0 Å². The van der Waals surface area contributed by atoms with Gasteiger partial charge in [0.15, 0.2) is 0 Å². The van der Waals surface area contributed by atoms with Gasteiger partial charge in [-0.3, -0.25) is 4.79 Å². The first-order valence-corrected chi connectivity index (χ1v) is 9.17. The number of nitrogens with zero attached hydrogens (tertiary/aromatic N) is 1. The lowest BCUT2D eigenvalue weighted by molar-refractivity contribution is 0.0942. The first kappa shape index (κ1) is 17.7. The topological polar surface area (TPSA) is 32.3 Å². The van der Waals surface area contributed by atoms with E-state index in [4.69, 9.17) is 0 Å². The largest absolute Gasteiger partial charge is 0.350 e. The fourth-order valence-corrected chi connectivity index (χ4v) is 3.55. The molecular weight excluding hydrogens is 308 g/mol. The fraction of sp³-hybridized carbons (Fsp3) is 0.409. The normalized spacial score (nSPS) is 14.9. The Bertz CT molecular complexity index is 734. The zero-order valence-electron chi connectivity index (χ0n) is 15.5. The van der Waals surface area contributed by atoms with Gasteiger partial charge in [-0.2, -0.15) is 0 Å². The maximum absolute atomic E-state index is 12.6. The van der Waals surface area contributed by atoms with Gasteiger partial charge in [0.2, 0.25) is 0 Å². The molecule has 0 aliphatic heterocycles. The predicted octanol–water partition coefficient (Wildman–Crippen LogP) is 3.91. The Morgan fingerprint density at radius 3 is 2.40 bits per heavy atom. The number of fused-ring (bicyclic) bond motifs is 1. The third-order valence-electron chi connectivity index (χ3n) is 5.15. The van der Waals surface area contributed by atoms with E-state index >= 15 is 0 Å². The molecule has 1 amide bonds. The van der Waals surface area contributed by atoms with Crippen LogP contribution in [0.5, 0.6) is 0 Å². The molecule has 1 N–H and O–H groups in total. The van der Waals surface area contributed by atoms with E-state index in [1.54, 1.807) is 0 Å². The van der Waals surface area contributed by atoms with Gasteiger partial charge in [-0.25, -0.2) is 0 Å². The van der Waals surface area contributed by atoms with Crippen molar-refractivity contribution in [1.82, 2.24) is 10.2 Å². The Labute approximate surface area is 151 Å². The van der Waals surface area contributed by atoms with Crippen LogP contribution in [0.3, 0.4) is 0 Å². The van der Waals surface area contributed by atoms with Gasteiger partial charge in [0.25, 0.3) is 5.91 Å². The van der Waals surface area contributed by atoms with E-state index in [9.17, 15) is 4.79 Å². The lowest BCUT2D eigenvalue weighted by atomic mass is 9.90. The summed E-state index contributed by atoms with van der Waals surface area (Å²) in [5.41, 5.74) is 6.01. The molecule has 2 aromatic rings. The zero-order chi connectivity index (χ0) is 17.8. The van der Waals surface area contributed by atoms with Gasteiger partial charge in [0.1, 0.15) is 0 Å². The number of carbonyl (C=O) groups is 1. The summed E-state index contributed by atoms with van der Waals surface area (Å²) in [5, 5.41) is 3.12. The molecule has 0 saturated heterocycles. The van der Waals surface area contributed by atoms with Crippen molar-refractivity contribution in [3.05, 3.63) is 70.3 Å². The molecule has 0 spiro atoms. The highest BCUT2D eigenvalue weighted by Gasteiger charge is 2.17. The Kier molecular flexibility index (Phi) is 5.54. The van der Waals surface area contributed by atoms with Crippen LogP contribution in [0, 0.1) is 6.92 Å². The summed E-state index contributed by atoms with van der Waals surface area (Å²) >= 11 is 0. The number of aryl methyl sites for hydroxylation is 3. The number of rotatable bonds is 5. The van der Waals surface area contributed by atoms with Gasteiger partial charge in [0.05, 0.1) is 6.04 Å². The van der Waals surface area contributed by atoms with E-state index in [0.29, 0.717) is 6.54 Å². The number of carbonyl (C=O) groups excluding carboxylic acids is 1. The molecule has 132 valence electrons. The minimum atomic E-state index is 0.0207. The molecule has 1 aliphatic carbocycles. The van der Waals surface area contributed by atoms with Crippen LogP contribution in [0.2, 0.25) is 0 Å². The lowest BCUT2D eigenvalue weighted by Gasteiger charge is -2.25. The Morgan fingerprint density at radius 2 is 1.72 bits per heavy atom. The molecule has 0 fully saturated rings. The van der Waals surface area contributed by atoms with E-state index in [1.165, 1.54) is 35.1 Å². The van der Waals surface area contributed by atoms with Crippen LogP contribution in [0.4, 0.5) is 0 Å². The first-order valence-electron chi connectivity index (χ1n) is 9.17. The Balaban J connectivity index is 1.68. The summed E-state index contributed by atoms with van der Waals surface area (Å²) in [6.45, 7) is 2.69. The van der Waals surface area contributed by atoms with Gasteiger partial charge in [0, 0.05) is 12.1 Å². The average Bonchev–Trinajstić information content (AvgIpc) is 2.62. The molecule has 3 nitrogen and oxygen atoms in total. The zero-order valence-corrected chi connectivity index (χ0v) is 15.5. The standard InChI is InChI=1S/C22H28N2O/c1-16-8-10-18(11-9-16)21(24(2)3)15-23-22(25)20-13-12-17-6-4-5-7-19(17)14-20/h8-14,21H,4-7,15H2,1-3H3,(H,23,25). The van der Waals surface area contributed by atoms with Crippen LogP contribution in [0.25, 0.3) is 0 Å². The van der Waals surface area contributed by atoms with Crippen molar-refractivity contribution in [3.63, 3.8) is 0 Å². The quantitative estimate of drug-likeness (QED) is 0.898. The molecular formula is C22H28N2O. The van der Waals surface area contributed by atoms with Crippen molar-refractivity contribution in [2.45, 2.75) is 38.6 Å². The molecule has 0 saturated carbocycles. The van der Waals surface area contributed by atoms with Crippen molar-refractivity contribution >= 4 is 5.91 Å². The van der Waals surface area contributed by atoms with E-state index < -0.39 is 0 Å². The average molecular weight is 336 g/mol. The summed E-state index contributed by atoms with van der Waals surface area (Å²) in [7, 11) is 4.10. The van der Waals surface area contributed by atoms with E-state index in [-0.39, 0.29) is 11.9 Å². The minimum Gasteiger partial charge on any atom is -0.350 e. The second-order valence-electron chi connectivity index (χ2n) is 7.29. The maximum Gasteiger partial charge on any atom is 0.251 e. The summed E-state index contributed by atoms with van der Waals surface area (Å²) in [6, 6.07) is 14.9. The number of benzene rings is 2. The lowest BCUT2D eigenvalue weighted by Crippen LogP contribution is -2.34. The number of likely N-dealkylation sites (N-methyl/N-ethyl adjacent to an activating group) is 1. The van der Waals surface area contributed by atoms with E-state index in [1.807, 2.05) is 6.07 Å². The van der Waals surface area contributed by atoms with Crippen LogP contribution in [-0.4, -0.2) is 31.4 Å². The van der Waals surface area contributed by atoms with Crippen LogP contribution in [0.15, 0.2) is 42.5 Å². The van der Waals surface area contributed by atoms with E-state index in [2.05, 4.69) is 67.6 Å². The second-order valence-corrected chi connectivity index (χ2v) is 7.29. The molecule has 0 aromatic heterocycles. The molecule has 3 rings (SSSR count). The molecule has 2 aromatic carbocycles. The van der Waals surface area contributed by atoms with Crippen molar-refractivity contribution in [1.29, 1.82) is 0 Å². The van der Waals surface area contributed by atoms with Crippen molar-refractivity contribution < 1.29 is 4.79 Å². The summed E-state index contributed by atoms with van der Waals surface area (Å²) < 4.78 is 0. The Hall–Kier alpha value is -2.13. The molecule has 1 aliphatic rings. The van der Waals surface area contributed by atoms with Crippen LogP contribution >= 0.6 is 0 Å². The smallest absolute Gasteiger partial charge is 0.251 e. The van der Waals surface area contributed by atoms with Crippen molar-refractivity contribution in [2.24, 2.45) is 0 Å². The molecule has 3 heteroatoms. The highest BCUT2D eigenvalue weighted by Crippen LogP contribution is 2.22. The summed E-state index contributed by atoms with van der Waals surface area (Å²) in [4.78, 5) is 14.8. The molecule has 0 radical (unpaired) electrons. The maximum atomic E-state index is 12.6. The predicted molar refractivity (Wildman–Crippen MR) is 103 cm³/mol. The molecule has 25 heavy (non-hydrogen) atoms. The van der Waals surface area contributed by atoms with Crippen LogP contribution < -0.4 is 5.32 Å². The number of hydrogen-bond acceptors (Lipinski definition) is 2. The number of amides is 1. The fourth-order valence-electron chi connectivity index (χ4n) is 3.55. The van der Waals surface area contributed by atoms with Crippen molar-refractivity contribution in [3.8, 4) is 0 Å². The molecule has 0 bridgehead atoms. The summed E-state index contributed by atoms with van der Waals surface area (Å²) in [6.07, 6.45) is 4.74. The Morgan fingerprint density at radius 1 is 1.04 bits per heavy atom. The third-order valence-corrected chi connectivity index (χ3v) is 5.15. The van der Waals surface area contributed by atoms with Crippen molar-refractivity contribution in [2.75, 3.05) is 20.6 Å². The van der Waals surface area contributed by atoms with Gasteiger partial charge in [-0.1, -0.05) is 35.9 Å². The van der Waals surface area contributed by atoms with Gasteiger partial charge in [-0.05, 0) is 75.5 Å². The third kappa shape index (κ3) is 4.29. The number of nitrogens with one attached hydrogen (secondary N) is 1. The van der Waals surface area contributed by atoms with Crippen LogP contribution in [-0.2, 0) is 12.8 Å². The first-order chi connectivity index (χ1) is 12.0. The summed E-state index contributed by atoms with van der Waals surface area (Å²) in [5.74, 6) is 0.0207. The van der Waals surface area contributed by atoms with Gasteiger partial charge >= 0.3 is 0 Å². The second kappa shape index (κ2) is 7.83. The van der Waals surface area contributed by atoms with E-state index in [0.717, 1.165) is 18.4 Å². The highest BCUT2D eigenvalue weighted by molar-refractivity contribution is 5.94. The highest BCUT2D eigenvalue weighted by atomic mass is 16.1. The van der Waals surface area contributed by atoms with Crippen LogP contribution in [0.1, 0.15) is 51.5 Å². The molecule has 1 atom stereocenters. The monoisotopic (exact) mass is 336 g/mol. The number of hydrogen-bond donors (Lipinski definition) is 1.